The number of rotatable bonds is 9. The number of carbonyl (C=O) groups excluding carboxylic acids is 2. The molecule has 0 spiro atoms. The van der Waals surface area contributed by atoms with Crippen molar-refractivity contribution in [3.8, 4) is 17.2 Å². The van der Waals surface area contributed by atoms with E-state index in [1.54, 1.807) is 31.0 Å². The first-order valence-electron chi connectivity index (χ1n) is 11.9. The number of amides is 2. The third-order valence-electron chi connectivity index (χ3n) is 6.45. The summed E-state index contributed by atoms with van der Waals surface area (Å²) in [4.78, 5) is 33.6. The van der Waals surface area contributed by atoms with Crippen LogP contribution in [-0.2, 0) is 6.54 Å². The number of piperidine rings is 1. The molecular weight excluding hydrogens is 510 g/mol. The number of benzene rings is 2. The van der Waals surface area contributed by atoms with E-state index in [1.165, 1.54) is 25.6 Å². The lowest BCUT2D eigenvalue weighted by molar-refractivity contribution is 0.0708. The highest BCUT2D eigenvalue weighted by Gasteiger charge is 2.30. The predicted octanol–water partition coefficient (Wildman–Crippen LogP) is 4.84. The number of likely N-dealkylation sites (tertiary alicyclic amines) is 1. The molecule has 196 valence electrons. The molecule has 4 rings (SSSR count). The Morgan fingerprint density at radius 2 is 1.78 bits per heavy atom. The van der Waals surface area contributed by atoms with E-state index in [0.29, 0.717) is 48.1 Å². The van der Waals surface area contributed by atoms with Gasteiger partial charge >= 0.3 is 0 Å². The van der Waals surface area contributed by atoms with E-state index in [2.05, 4.69) is 10.3 Å². The second-order valence-corrected chi connectivity index (χ2v) is 10.3. The third-order valence-corrected chi connectivity index (χ3v) is 8.30. The third kappa shape index (κ3) is 5.86. The van der Waals surface area contributed by atoms with Gasteiger partial charge in [-0.05, 0) is 42.9 Å². The normalized spacial score (nSPS) is 13.8. The molecule has 0 bridgehead atoms. The number of nitrogens with one attached hydrogen (secondary N) is 1. The summed E-state index contributed by atoms with van der Waals surface area (Å²) < 4.78 is 16.2. The van der Waals surface area contributed by atoms with Crippen LogP contribution in [0.3, 0.4) is 0 Å². The van der Waals surface area contributed by atoms with Gasteiger partial charge in [-0.25, -0.2) is 4.98 Å². The van der Waals surface area contributed by atoms with Gasteiger partial charge < -0.3 is 24.4 Å². The Hall–Kier alpha value is -3.24. The van der Waals surface area contributed by atoms with Gasteiger partial charge in [0.1, 0.15) is 5.69 Å². The minimum atomic E-state index is -0.174. The summed E-state index contributed by atoms with van der Waals surface area (Å²) in [6.07, 6.45) is 3.57. The summed E-state index contributed by atoms with van der Waals surface area (Å²) in [7, 11) is 4.58. The summed E-state index contributed by atoms with van der Waals surface area (Å²) in [6, 6.07) is 11.4. The topological polar surface area (TPSA) is 90.0 Å². The van der Waals surface area contributed by atoms with E-state index in [-0.39, 0.29) is 17.7 Å². The van der Waals surface area contributed by atoms with Crippen molar-refractivity contribution in [3.63, 3.8) is 0 Å². The molecular formula is C27H31N3O5S2. The number of methoxy groups -OCH3 is 3. The number of nitrogens with zero attached hydrogens (tertiary/aromatic N) is 2. The minimum Gasteiger partial charge on any atom is -0.493 e. The Bertz CT molecular complexity index is 1250. The molecule has 0 unspecified atom stereocenters. The number of carbonyl (C=O) groups is 2. The molecule has 1 N–H and O–H groups in total. The Morgan fingerprint density at radius 1 is 1.05 bits per heavy atom. The van der Waals surface area contributed by atoms with E-state index in [1.807, 2.05) is 40.8 Å². The van der Waals surface area contributed by atoms with Gasteiger partial charge in [0.2, 0.25) is 5.75 Å². The Balaban J connectivity index is 1.36. The van der Waals surface area contributed by atoms with Crippen molar-refractivity contribution in [2.45, 2.75) is 30.2 Å². The number of thioether (sulfide) groups is 1. The Morgan fingerprint density at radius 3 is 2.46 bits per heavy atom. The summed E-state index contributed by atoms with van der Waals surface area (Å²) in [5.74, 6) is 1.19. The van der Waals surface area contributed by atoms with Crippen LogP contribution >= 0.6 is 23.1 Å². The maximum Gasteiger partial charge on any atom is 0.271 e. The SMILES string of the molecule is COc1ccc(C(=O)N2CCC(c3nc(C(=O)NCc4ccccc4SC)cs3)CC2)c(OC)c1OC. The molecule has 2 amide bonds. The van der Waals surface area contributed by atoms with E-state index in [9.17, 15) is 9.59 Å². The zero-order valence-corrected chi connectivity index (χ0v) is 23.0. The second-order valence-electron chi connectivity index (χ2n) is 8.51. The molecule has 0 radical (unpaired) electrons. The number of hydrogen-bond donors (Lipinski definition) is 1. The van der Waals surface area contributed by atoms with Crippen LogP contribution in [0.1, 0.15) is 50.2 Å². The average molecular weight is 542 g/mol. The van der Waals surface area contributed by atoms with Crippen LogP contribution in [0, 0.1) is 0 Å². The fourth-order valence-electron chi connectivity index (χ4n) is 4.46. The number of thiazole rings is 1. The minimum absolute atomic E-state index is 0.110. The molecule has 0 saturated carbocycles. The zero-order valence-electron chi connectivity index (χ0n) is 21.4. The highest BCUT2D eigenvalue weighted by atomic mass is 32.2. The molecule has 3 aromatic rings. The Kier molecular flexibility index (Phi) is 8.94. The molecule has 0 aliphatic carbocycles. The van der Waals surface area contributed by atoms with Gasteiger partial charge in [-0.3, -0.25) is 9.59 Å². The summed E-state index contributed by atoms with van der Waals surface area (Å²) >= 11 is 3.17. The van der Waals surface area contributed by atoms with Crippen LogP contribution in [0.15, 0.2) is 46.7 Å². The molecule has 1 fully saturated rings. The van der Waals surface area contributed by atoms with E-state index in [0.717, 1.165) is 28.3 Å². The number of ether oxygens (including phenoxy) is 3. The lowest BCUT2D eigenvalue weighted by Crippen LogP contribution is -2.38. The van der Waals surface area contributed by atoms with Crippen LogP contribution in [0.25, 0.3) is 0 Å². The van der Waals surface area contributed by atoms with Crippen molar-refractivity contribution >= 4 is 34.9 Å². The van der Waals surface area contributed by atoms with Crippen molar-refractivity contribution in [2.75, 3.05) is 40.7 Å². The first kappa shape index (κ1) is 26.8. The number of hydrogen-bond acceptors (Lipinski definition) is 8. The Labute approximate surface area is 225 Å². The molecule has 2 heterocycles. The average Bonchev–Trinajstić information content (AvgIpc) is 3.45. The van der Waals surface area contributed by atoms with E-state index >= 15 is 0 Å². The van der Waals surface area contributed by atoms with Crippen LogP contribution in [0.2, 0.25) is 0 Å². The molecule has 0 atom stereocenters. The molecule has 37 heavy (non-hydrogen) atoms. The van der Waals surface area contributed by atoms with Gasteiger partial charge in [-0.15, -0.1) is 23.1 Å². The van der Waals surface area contributed by atoms with E-state index < -0.39 is 0 Å². The fraction of sp³-hybridized carbons (Fsp3) is 0.370. The molecule has 1 aliphatic rings. The van der Waals surface area contributed by atoms with Crippen molar-refractivity contribution in [1.82, 2.24) is 15.2 Å². The standard InChI is InChI=1S/C27H31N3O5S2/c1-33-21-10-9-19(23(34-2)24(21)35-3)27(32)30-13-11-17(12-14-30)26-29-20(16-37-26)25(31)28-15-18-7-5-6-8-22(18)36-4/h5-10,16-17H,11-15H2,1-4H3,(H,28,31). The quantitative estimate of drug-likeness (QED) is 0.388. The second kappa shape index (κ2) is 12.3. The lowest BCUT2D eigenvalue weighted by Gasteiger charge is -2.31. The van der Waals surface area contributed by atoms with Crippen LogP contribution in [0.4, 0.5) is 0 Å². The first-order chi connectivity index (χ1) is 18.0. The molecule has 8 nitrogen and oxygen atoms in total. The van der Waals surface area contributed by atoms with Crippen LogP contribution in [-0.4, -0.2) is 62.4 Å². The molecule has 2 aromatic carbocycles. The molecule has 1 aromatic heterocycles. The maximum absolute atomic E-state index is 13.3. The maximum atomic E-state index is 13.3. The zero-order chi connectivity index (χ0) is 26.4. The highest BCUT2D eigenvalue weighted by Crippen LogP contribution is 2.41. The molecule has 10 heteroatoms. The van der Waals surface area contributed by atoms with Crippen LogP contribution in [0.5, 0.6) is 17.2 Å². The summed E-state index contributed by atoms with van der Waals surface area (Å²) in [5, 5.41) is 5.73. The van der Waals surface area contributed by atoms with Gasteiger partial charge in [0.15, 0.2) is 11.5 Å². The van der Waals surface area contributed by atoms with Gasteiger partial charge in [-0.2, -0.15) is 0 Å². The summed E-state index contributed by atoms with van der Waals surface area (Å²) in [6.45, 7) is 1.64. The highest BCUT2D eigenvalue weighted by molar-refractivity contribution is 7.98. The lowest BCUT2D eigenvalue weighted by atomic mass is 9.97. The van der Waals surface area contributed by atoms with Gasteiger partial charge in [-0.1, -0.05) is 18.2 Å². The molecule has 1 saturated heterocycles. The van der Waals surface area contributed by atoms with Crippen LogP contribution < -0.4 is 19.5 Å². The van der Waals surface area contributed by atoms with Gasteiger partial charge in [0.05, 0.1) is 31.9 Å². The molecule has 1 aliphatic heterocycles. The summed E-state index contributed by atoms with van der Waals surface area (Å²) in [5.41, 5.74) is 1.96. The first-order valence-corrected chi connectivity index (χ1v) is 14.0. The fourth-order valence-corrected chi connectivity index (χ4v) is 6.05. The van der Waals surface area contributed by atoms with Gasteiger partial charge in [0, 0.05) is 35.8 Å². The smallest absolute Gasteiger partial charge is 0.271 e. The largest absolute Gasteiger partial charge is 0.493 e. The van der Waals surface area contributed by atoms with Crippen molar-refractivity contribution in [3.05, 3.63) is 63.6 Å². The van der Waals surface area contributed by atoms with Crippen molar-refractivity contribution in [2.24, 2.45) is 0 Å². The monoisotopic (exact) mass is 541 g/mol. The van der Waals surface area contributed by atoms with E-state index in [4.69, 9.17) is 14.2 Å². The predicted molar refractivity (Wildman–Crippen MR) is 145 cm³/mol. The van der Waals surface area contributed by atoms with Crippen molar-refractivity contribution in [1.29, 1.82) is 0 Å². The van der Waals surface area contributed by atoms with Crippen molar-refractivity contribution < 1.29 is 23.8 Å². The number of aromatic nitrogens is 1. The van der Waals surface area contributed by atoms with Gasteiger partial charge in [0.25, 0.3) is 11.8 Å².